The number of hydrogen-bond donors (Lipinski definition) is 0. The fourth-order valence-electron chi connectivity index (χ4n) is 5.54. The molecule has 1 aliphatic heterocycles. The molecule has 1 aliphatic carbocycles. The van der Waals surface area contributed by atoms with Crippen molar-refractivity contribution in [2.24, 2.45) is 7.05 Å². The van der Waals surface area contributed by atoms with E-state index in [-0.39, 0.29) is 6.61 Å². The molecular weight excluding hydrogens is 462 g/mol. The summed E-state index contributed by atoms with van der Waals surface area (Å²) in [5, 5.41) is 1.41. The van der Waals surface area contributed by atoms with Gasteiger partial charge in [-0.1, -0.05) is 49.1 Å². The number of halogens is 1. The number of fused-ring (bicyclic) bond motifs is 1. The SMILES string of the molecule is Cn1c(COc2ccc(Cl)cc2)c(C(=O)C(=O)N2CCN(C3CCCCC3)CC2)c2ccccc21. The van der Waals surface area contributed by atoms with E-state index in [0.717, 1.165) is 24.0 Å². The quantitative estimate of drug-likeness (QED) is 0.355. The first kappa shape index (κ1) is 23.9. The van der Waals surface area contributed by atoms with E-state index in [1.165, 1.54) is 32.1 Å². The number of aryl methyl sites for hydroxylation is 1. The molecule has 1 saturated heterocycles. The van der Waals surface area contributed by atoms with Crippen molar-refractivity contribution in [3.05, 3.63) is 64.8 Å². The Bertz CT molecular complexity index is 1210. The third-order valence-corrected chi connectivity index (χ3v) is 7.78. The van der Waals surface area contributed by atoms with Gasteiger partial charge in [-0.3, -0.25) is 14.5 Å². The summed E-state index contributed by atoms with van der Waals surface area (Å²) in [6.45, 7) is 3.05. The van der Waals surface area contributed by atoms with Gasteiger partial charge in [0.2, 0.25) is 0 Å². The van der Waals surface area contributed by atoms with Gasteiger partial charge >= 0.3 is 0 Å². The van der Waals surface area contributed by atoms with E-state index in [1.807, 2.05) is 35.9 Å². The molecule has 3 aromatic rings. The monoisotopic (exact) mass is 493 g/mol. The van der Waals surface area contributed by atoms with Crippen LogP contribution in [-0.4, -0.2) is 58.3 Å². The van der Waals surface area contributed by atoms with Gasteiger partial charge in [0.1, 0.15) is 12.4 Å². The topological polar surface area (TPSA) is 54.8 Å². The second-order valence-electron chi connectivity index (χ2n) is 9.59. The zero-order valence-electron chi connectivity index (χ0n) is 20.2. The minimum atomic E-state index is -0.456. The Morgan fingerprint density at radius 3 is 2.34 bits per heavy atom. The van der Waals surface area contributed by atoms with Crippen LogP contribution in [0.2, 0.25) is 5.02 Å². The molecule has 0 unspecified atom stereocenters. The number of Topliss-reactive ketones (excluding diaryl/α,β-unsaturated/α-hetero) is 1. The fourth-order valence-corrected chi connectivity index (χ4v) is 5.66. The average molecular weight is 494 g/mol. The van der Waals surface area contributed by atoms with E-state index in [9.17, 15) is 9.59 Å². The van der Waals surface area contributed by atoms with Gasteiger partial charge in [0.25, 0.3) is 11.7 Å². The molecule has 6 nitrogen and oxygen atoms in total. The van der Waals surface area contributed by atoms with Crippen LogP contribution in [0, 0.1) is 0 Å². The number of ketones is 1. The first-order valence-corrected chi connectivity index (χ1v) is 12.9. The first-order chi connectivity index (χ1) is 17.0. The standard InChI is InChI=1S/C28H32ClN3O3/c1-30-24-10-6-5-9-23(24)26(25(30)19-35-22-13-11-20(29)12-14-22)27(33)28(34)32-17-15-31(16-18-32)21-7-3-2-4-8-21/h5-6,9-14,21H,2-4,7-8,15-19H2,1H3. The highest BCUT2D eigenvalue weighted by atomic mass is 35.5. The van der Waals surface area contributed by atoms with Gasteiger partial charge in [0.15, 0.2) is 0 Å². The molecule has 7 heteroatoms. The van der Waals surface area contributed by atoms with Crippen LogP contribution in [0.25, 0.3) is 10.9 Å². The molecule has 0 radical (unpaired) electrons. The number of carbonyl (C=O) groups excluding carboxylic acids is 2. The van der Waals surface area contributed by atoms with Gasteiger partial charge in [-0.15, -0.1) is 0 Å². The van der Waals surface area contributed by atoms with Crippen LogP contribution in [0.15, 0.2) is 48.5 Å². The summed E-state index contributed by atoms with van der Waals surface area (Å²) >= 11 is 5.99. The highest BCUT2D eigenvalue weighted by Crippen LogP contribution is 2.29. The molecule has 184 valence electrons. The molecule has 35 heavy (non-hydrogen) atoms. The van der Waals surface area contributed by atoms with E-state index in [2.05, 4.69) is 4.90 Å². The highest BCUT2D eigenvalue weighted by molar-refractivity contribution is 6.45. The molecule has 2 aromatic carbocycles. The van der Waals surface area contributed by atoms with Crippen molar-refractivity contribution in [1.29, 1.82) is 0 Å². The van der Waals surface area contributed by atoms with Crippen LogP contribution in [0.4, 0.5) is 0 Å². The third-order valence-electron chi connectivity index (χ3n) is 7.53. The largest absolute Gasteiger partial charge is 0.487 e. The molecule has 2 aliphatic rings. The van der Waals surface area contributed by atoms with E-state index < -0.39 is 11.7 Å². The number of rotatable bonds is 6. The van der Waals surface area contributed by atoms with Gasteiger partial charge in [-0.05, 0) is 43.2 Å². The Labute approximate surface area is 211 Å². The molecule has 0 bridgehead atoms. The van der Waals surface area contributed by atoms with Crippen LogP contribution in [-0.2, 0) is 18.4 Å². The van der Waals surface area contributed by atoms with Crippen molar-refractivity contribution in [3.63, 3.8) is 0 Å². The van der Waals surface area contributed by atoms with Crippen molar-refractivity contribution in [1.82, 2.24) is 14.4 Å². The smallest absolute Gasteiger partial charge is 0.295 e. The molecular formula is C28H32ClN3O3. The average Bonchev–Trinajstić information content (AvgIpc) is 3.19. The van der Waals surface area contributed by atoms with Crippen molar-refractivity contribution < 1.29 is 14.3 Å². The molecule has 0 atom stereocenters. The van der Waals surface area contributed by atoms with Crippen LogP contribution in [0.5, 0.6) is 5.75 Å². The van der Waals surface area contributed by atoms with Gasteiger partial charge in [-0.2, -0.15) is 0 Å². The second-order valence-corrected chi connectivity index (χ2v) is 10.0. The lowest BCUT2D eigenvalue weighted by Crippen LogP contribution is -2.53. The summed E-state index contributed by atoms with van der Waals surface area (Å²) < 4.78 is 7.94. The number of hydrogen-bond acceptors (Lipinski definition) is 4. The summed E-state index contributed by atoms with van der Waals surface area (Å²) in [5.74, 6) is -0.219. The van der Waals surface area contributed by atoms with Gasteiger partial charge in [0.05, 0.1) is 11.3 Å². The maximum atomic E-state index is 13.6. The van der Waals surface area contributed by atoms with E-state index in [4.69, 9.17) is 16.3 Å². The summed E-state index contributed by atoms with van der Waals surface area (Å²) in [6, 6.07) is 15.5. The number of para-hydroxylation sites is 1. The predicted molar refractivity (Wildman–Crippen MR) is 138 cm³/mol. The number of benzene rings is 2. The van der Waals surface area contributed by atoms with Crippen molar-refractivity contribution in [2.45, 2.75) is 44.8 Å². The summed E-state index contributed by atoms with van der Waals surface area (Å²) in [6.07, 6.45) is 6.42. The maximum Gasteiger partial charge on any atom is 0.295 e. The molecule has 2 fully saturated rings. The number of piperazine rings is 1. The third kappa shape index (κ3) is 4.95. The zero-order chi connectivity index (χ0) is 24.4. The lowest BCUT2D eigenvalue weighted by Gasteiger charge is -2.40. The second kappa shape index (κ2) is 10.4. The van der Waals surface area contributed by atoms with Crippen molar-refractivity contribution >= 4 is 34.2 Å². The number of nitrogens with zero attached hydrogens (tertiary/aromatic N) is 3. The van der Waals surface area contributed by atoms with Gasteiger partial charge in [-0.25, -0.2) is 0 Å². The van der Waals surface area contributed by atoms with Gasteiger partial charge in [0, 0.05) is 55.2 Å². The van der Waals surface area contributed by atoms with E-state index in [0.29, 0.717) is 41.2 Å². The Hall–Kier alpha value is -2.83. The Morgan fingerprint density at radius 2 is 1.63 bits per heavy atom. The normalized spacial score (nSPS) is 17.6. The zero-order valence-corrected chi connectivity index (χ0v) is 21.0. The minimum absolute atomic E-state index is 0.177. The Morgan fingerprint density at radius 1 is 0.943 bits per heavy atom. The minimum Gasteiger partial charge on any atom is -0.487 e. The molecule has 1 amide bonds. The van der Waals surface area contributed by atoms with Crippen LogP contribution < -0.4 is 4.74 Å². The molecule has 0 spiro atoms. The summed E-state index contributed by atoms with van der Waals surface area (Å²) in [7, 11) is 1.91. The Balaban J connectivity index is 1.35. The molecule has 2 heterocycles. The highest BCUT2D eigenvalue weighted by Gasteiger charge is 2.33. The number of aromatic nitrogens is 1. The lowest BCUT2D eigenvalue weighted by molar-refractivity contribution is -0.128. The molecule has 1 aromatic heterocycles. The summed E-state index contributed by atoms with van der Waals surface area (Å²) in [4.78, 5) is 31.3. The fraction of sp³-hybridized carbons (Fsp3) is 0.429. The van der Waals surface area contributed by atoms with Crippen molar-refractivity contribution in [2.75, 3.05) is 26.2 Å². The number of ether oxygens (including phenoxy) is 1. The molecule has 1 saturated carbocycles. The molecule has 0 N–H and O–H groups in total. The van der Waals surface area contributed by atoms with Crippen LogP contribution in [0.3, 0.4) is 0 Å². The number of carbonyl (C=O) groups is 2. The van der Waals surface area contributed by atoms with Gasteiger partial charge < -0.3 is 14.2 Å². The van der Waals surface area contributed by atoms with E-state index in [1.54, 1.807) is 29.2 Å². The van der Waals surface area contributed by atoms with E-state index >= 15 is 0 Å². The first-order valence-electron chi connectivity index (χ1n) is 12.5. The summed E-state index contributed by atoms with van der Waals surface area (Å²) in [5.41, 5.74) is 2.04. The maximum absolute atomic E-state index is 13.6. The van der Waals surface area contributed by atoms with Crippen LogP contribution >= 0.6 is 11.6 Å². The van der Waals surface area contributed by atoms with Crippen LogP contribution in [0.1, 0.15) is 48.2 Å². The number of amides is 1. The predicted octanol–water partition coefficient (Wildman–Crippen LogP) is 5.07. The molecule has 5 rings (SSSR count). The van der Waals surface area contributed by atoms with Crippen molar-refractivity contribution in [3.8, 4) is 5.75 Å². The Kier molecular flexibility index (Phi) is 7.12. The lowest BCUT2D eigenvalue weighted by atomic mass is 9.94.